The third-order valence-corrected chi connectivity index (χ3v) is 3.24. The molecule has 20 heavy (non-hydrogen) atoms. The number of carbonyl (C=O) groups is 1. The van der Waals surface area contributed by atoms with Gasteiger partial charge in [0.15, 0.2) is 0 Å². The average molecular weight is 269 g/mol. The summed E-state index contributed by atoms with van der Waals surface area (Å²) in [5.41, 5.74) is 1.58. The van der Waals surface area contributed by atoms with Crippen molar-refractivity contribution in [3.8, 4) is 5.75 Å². The van der Waals surface area contributed by atoms with Gasteiger partial charge in [0, 0.05) is 6.04 Å². The summed E-state index contributed by atoms with van der Waals surface area (Å²) in [6.07, 6.45) is 1.78. The summed E-state index contributed by atoms with van der Waals surface area (Å²) < 4.78 is 0. The van der Waals surface area contributed by atoms with Crippen LogP contribution in [0.4, 0.5) is 0 Å². The molecule has 0 heterocycles. The Morgan fingerprint density at radius 1 is 1.10 bits per heavy atom. The first-order chi connectivity index (χ1) is 9.66. The summed E-state index contributed by atoms with van der Waals surface area (Å²) in [5, 5.41) is 12.5. The van der Waals surface area contributed by atoms with Gasteiger partial charge in [-0.05, 0) is 37.5 Å². The van der Waals surface area contributed by atoms with Gasteiger partial charge >= 0.3 is 0 Å². The molecule has 2 aromatic carbocycles. The number of para-hydroxylation sites is 1. The van der Waals surface area contributed by atoms with Crippen molar-refractivity contribution >= 4 is 5.91 Å². The minimum Gasteiger partial charge on any atom is -0.507 e. The molecule has 0 radical (unpaired) electrons. The van der Waals surface area contributed by atoms with Crippen molar-refractivity contribution in [2.75, 3.05) is 0 Å². The zero-order chi connectivity index (χ0) is 14.4. The number of amides is 1. The van der Waals surface area contributed by atoms with Crippen LogP contribution in [0.25, 0.3) is 0 Å². The van der Waals surface area contributed by atoms with E-state index < -0.39 is 0 Å². The van der Waals surface area contributed by atoms with Gasteiger partial charge in [-0.25, -0.2) is 0 Å². The third-order valence-electron chi connectivity index (χ3n) is 3.24. The molecule has 0 saturated carbocycles. The van der Waals surface area contributed by atoms with Crippen molar-refractivity contribution in [1.82, 2.24) is 5.32 Å². The molecule has 0 fully saturated rings. The quantitative estimate of drug-likeness (QED) is 0.876. The Balaban J connectivity index is 1.87. The maximum Gasteiger partial charge on any atom is 0.255 e. The van der Waals surface area contributed by atoms with Gasteiger partial charge in [-0.2, -0.15) is 0 Å². The lowest BCUT2D eigenvalue weighted by molar-refractivity contribution is 0.0936. The average Bonchev–Trinajstić information content (AvgIpc) is 2.46. The monoisotopic (exact) mass is 269 g/mol. The molecule has 2 aromatic rings. The second kappa shape index (κ2) is 6.75. The Morgan fingerprint density at radius 3 is 2.45 bits per heavy atom. The van der Waals surface area contributed by atoms with Crippen molar-refractivity contribution in [2.24, 2.45) is 0 Å². The lowest BCUT2D eigenvalue weighted by atomic mass is 10.1. The number of benzene rings is 2. The zero-order valence-electron chi connectivity index (χ0n) is 11.5. The van der Waals surface area contributed by atoms with E-state index in [0.717, 1.165) is 12.8 Å². The number of phenols is 1. The Morgan fingerprint density at radius 2 is 1.75 bits per heavy atom. The summed E-state index contributed by atoms with van der Waals surface area (Å²) in [6, 6.07) is 16.8. The molecule has 0 aliphatic carbocycles. The SMILES string of the molecule is C[C@H](CCc1ccccc1)NC(=O)c1ccccc1O. The molecule has 0 aliphatic rings. The van der Waals surface area contributed by atoms with Gasteiger partial charge in [-0.15, -0.1) is 0 Å². The number of phenolic OH excluding ortho intramolecular Hbond substituents is 1. The summed E-state index contributed by atoms with van der Waals surface area (Å²) in [5.74, 6) is -0.219. The summed E-state index contributed by atoms with van der Waals surface area (Å²) in [4.78, 5) is 12.0. The van der Waals surface area contributed by atoms with Crippen LogP contribution in [-0.4, -0.2) is 17.1 Å². The van der Waals surface area contributed by atoms with E-state index in [4.69, 9.17) is 0 Å². The Kier molecular flexibility index (Phi) is 4.77. The van der Waals surface area contributed by atoms with Gasteiger partial charge in [0.25, 0.3) is 5.91 Å². The highest BCUT2D eigenvalue weighted by molar-refractivity contribution is 5.96. The largest absolute Gasteiger partial charge is 0.507 e. The second-order valence-corrected chi connectivity index (χ2v) is 4.92. The van der Waals surface area contributed by atoms with Crippen LogP contribution >= 0.6 is 0 Å². The maximum absolute atomic E-state index is 12.0. The van der Waals surface area contributed by atoms with E-state index in [1.807, 2.05) is 25.1 Å². The Hall–Kier alpha value is -2.29. The summed E-state index contributed by atoms with van der Waals surface area (Å²) in [7, 11) is 0. The molecule has 3 nitrogen and oxygen atoms in total. The van der Waals surface area contributed by atoms with Crippen molar-refractivity contribution in [3.05, 3.63) is 65.7 Å². The second-order valence-electron chi connectivity index (χ2n) is 4.92. The minimum absolute atomic E-state index is 0.0141. The van der Waals surface area contributed by atoms with Crippen LogP contribution in [0.3, 0.4) is 0 Å². The number of aromatic hydroxyl groups is 1. The van der Waals surface area contributed by atoms with E-state index >= 15 is 0 Å². The topological polar surface area (TPSA) is 49.3 Å². The van der Waals surface area contributed by atoms with Gasteiger partial charge < -0.3 is 10.4 Å². The molecule has 0 unspecified atom stereocenters. The van der Waals surface area contributed by atoms with Gasteiger partial charge in [-0.3, -0.25) is 4.79 Å². The standard InChI is InChI=1S/C17H19NO2/c1-13(11-12-14-7-3-2-4-8-14)18-17(20)15-9-5-6-10-16(15)19/h2-10,13,19H,11-12H2,1H3,(H,18,20)/t13-/m1/s1. The van der Waals surface area contributed by atoms with Gasteiger partial charge in [0.2, 0.25) is 0 Å². The molecule has 0 saturated heterocycles. The number of carbonyl (C=O) groups excluding carboxylic acids is 1. The molecule has 0 aliphatic heterocycles. The van der Waals surface area contributed by atoms with Crippen LogP contribution in [0.15, 0.2) is 54.6 Å². The molecular weight excluding hydrogens is 250 g/mol. The molecule has 2 N–H and O–H groups in total. The molecule has 0 spiro atoms. The minimum atomic E-state index is -0.233. The van der Waals surface area contributed by atoms with Crippen molar-refractivity contribution < 1.29 is 9.90 Å². The molecule has 104 valence electrons. The van der Waals surface area contributed by atoms with Crippen LogP contribution < -0.4 is 5.32 Å². The molecule has 1 amide bonds. The highest BCUT2D eigenvalue weighted by Crippen LogP contribution is 2.15. The van der Waals surface area contributed by atoms with Crippen LogP contribution in [0.1, 0.15) is 29.3 Å². The Bertz CT molecular complexity index is 566. The summed E-state index contributed by atoms with van der Waals surface area (Å²) in [6.45, 7) is 1.97. The van der Waals surface area contributed by atoms with Crippen molar-refractivity contribution in [2.45, 2.75) is 25.8 Å². The smallest absolute Gasteiger partial charge is 0.255 e. The summed E-state index contributed by atoms with van der Waals surface area (Å²) >= 11 is 0. The first-order valence-corrected chi connectivity index (χ1v) is 6.79. The number of aryl methyl sites for hydroxylation is 1. The van der Waals surface area contributed by atoms with E-state index in [0.29, 0.717) is 5.56 Å². The molecule has 1 atom stereocenters. The van der Waals surface area contributed by atoms with Crippen LogP contribution in [0, 0.1) is 0 Å². The van der Waals surface area contributed by atoms with E-state index in [1.54, 1.807) is 18.2 Å². The number of rotatable bonds is 5. The normalized spacial score (nSPS) is 11.8. The molecule has 0 bridgehead atoms. The first-order valence-electron chi connectivity index (χ1n) is 6.79. The molecular formula is C17H19NO2. The lowest BCUT2D eigenvalue weighted by Gasteiger charge is -2.14. The third kappa shape index (κ3) is 3.85. The fraction of sp³-hybridized carbons (Fsp3) is 0.235. The van der Waals surface area contributed by atoms with E-state index in [-0.39, 0.29) is 17.7 Å². The van der Waals surface area contributed by atoms with Crippen LogP contribution in [-0.2, 0) is 6.42 Å². The van der Waals surface area contributed by atoms with Crippen molar-refractivity contribution in [1.29, 1.82) is 0 Å². The Labute approximate surface area is 119 Å². The zero-order valence-corrected chi connectivity index (χ0v) is 11.5. The fourth-order valence-electron chi connectivity index (χ4n) is 2.07. The number of nitrogens with one attached hydrogen (secondary N) is 1. The maximum atomic E-state index is 12.0. The highest BCUT2D eigenvalue weighted by atomic mass is 16.3. The predicted molar refractivity (Wildman–Crippen MR) is 79.8 cm³/mol. The van der Waals surface area contributed by atoms with E-state index in [2.05, 4.69) is 17.4 Å². The van der Waals surface area contributed by atoms with Crippen LogP contribution in [0.2, 0.25) is 0 Å². The van der Waals surface area contributed by atoms with E-state index in [1.165, 1.54) is 11.6 Å². The number of hydrogen-bond donors (Lipinski definition) is 2. The molecule has 0 aromatic heterocycles. The predicted octanol–water partition coefficient (Wildman–Crippen LogP) is 3.14. The molecule has 3 heteroatoms. The van der Waals surface area contributed by atoms with Crippen molar-refractivity contribution in [3.63, 3.8) is 0 Å². The number of hydrogen-bond acceptors (Lipinski definition) is 2. The fourth-order valence-corrected chi connectivity index (χ4v) is 2.07. The van der Waals surface area contributed by atoms with Gasteiger partial charge in [0.1, 0.15) is 5.75 Å². The van der Waals surface area contributed by atoms with E-state index in [9.17, 15) is 9.90 Å². The van der Waals surface area contributed by atoms with Gasteiger partial charge in [0.05, 0.1) is 5.56 Å². The lowest BCUT2D eigenvalue weighted by Crippen LogP contribution is -2.32. The highest BCUT2D eigenvalue weighted by Gasteiger charge is 2.12. The first kappa shape index (κ1) is 14.1. The molecule has 2 rings (SSSR count). The van der Waals surface area contributed by atoms with Gasteiger partial charge in [-0.1, -0.05) is 42.5 Å². The van der Waals surface area contributed by atoms with Crippen LogP contribution in [0.5, 0.6) is 5.75 Å².